The Morgan fingerprint density at radius 3 is 1.96 bits per heavy atom. The standard InChI is InChI=1S/C24H34N6O.C15H23N3O2.C13H18N4O.ClH/c1-24(2,3)19-13-11-18(12-14-19)22(31)10-7-15-30-17-21(28-29-30)9-6-4-5-8-20-16-26-23(25)27-20;1-5-6-7-8-9-10-12-11-18(13(16)17-12)14(19)20-15(2,3)4;1-13(2,3)11-6-4-10(5-7-11)12(18)15-8-9-16-17-14;/h11-14,16-17H,4-10,15H2,1-3H3,(H3,25,26,27);1,11H,6-10H2,2-4H3,(H2,16,17);4-7H,8-9H2,1-3H3,(H,15,18);1H. The van der Waals surface area contributed by atoms with E-state index in [1.165, 1.54) is 15.7 Å². The molecule has 18 heteroatoms. The minimum atomic E-state index is -0.552. The van der Waals surface area contributed by atoms with E-state index in [2.05, 4.69) is 100 Å². The van der Waals surface area contributed by atoms with Crippen LogP contribution in [0.2, 0.25) is 0 Å². The average molecular weight is 983 g/mol. The number of aryl methyl sites for hydroxylation is 4. The third-order valence-corrected chi connectivity index (χ3v) is 10.7. The molecule has 0 atom stereocenters. The van der Waals surface area contributed by atoms with Crippen LogP contribution in [-0.4, -0.2) is 71.0 Å². The Labute approximate surface area is 420 Å². The Hall–Kier alpha value is -6.63. The number of nitrogens with zero attached hydrogens (tertiary/aromatic N) is 9. The number of unbranched alkanes of at least 4 members (excludes halogenated alkanes) is 5. The summed E-state index contributed by atoms with van der Waals surface area (Å²) >= 11 is 0. The number of rotatable bonds is 20. The fraction of sp³-hybridized carbons (Fsp3) is 0.519. The predicted octanol–water partition coefficient (Wildman–Crippen LogP) is 10.9. The SMILES string of the molecule is C#CCCCCCc1cn(C(=O)OC(C)(C)C)c(N)n1.CC(C)(C)c1ccc(C(=O)CCCn2cc(CCCCCc3cnc(N)[nH]3)nn2)cc1.CC(C)(C)c1ccc(C(=O)NCCN=[N+]=[N-])cc1.Cl. The summed E-state index contributed by atoms with van der Waals surface area (Å²) < 4.78 is 8.36. The second-order valence-electron chi connectivity index (χ2n) is 19.9. The van der Waals surface area contributed by atoms with Gasteiger partial charge in [-0.15, -0.1) is 29.8 Å². The van der Waals surface area contributed by atoms with Crippen molar-refractivity contribution in [1.82, 2.24) is 39.8 Å². The number of carbonyl (C=O) groups excluding carboxylic acids is 3. The lowest BCUT2D eigenvalue weighted by Gasteiger charge is -2.19. The molecule has 0 bridgehead atoms. The molecule has 1 amide bonds. The number of nitrogens with one attached hydrogen (secondary N) is 2. The monoisotopic (exact) mass is 982 g/mol. The molecule has 2 aromatic carbocycles. The summed E-state index contributed by atoms with van der Waals surface area (Å²) in [6.45, 7) is 19.7. The molecule has 0 fully saturated rings. The molecule has 6 N–H and O–H groups in total. The number of benzene rings is 2. The Morgan fingerprint density at radius 1 is 0.814 bits per heavy atom. The van der Waals surface area contributed by atoms with Crippen LogP contribution in [0.4, 0.5) is 16.7 Å². The van der Waals surface area contributed by atoms with E-state index in [9.17, 15) is 14.4 Å². The van der Waals surface area contributed by atoms with Gasteiger partial charge in [0.2, 0.25) is 5.95 Å². The molecule has 5 aromatic rings. The number of azide groups is 1. The van der Waals surface area contributed by atoms with Gasteiger partial charge in [0, 0.05) is 66.6 Å². The fourth-order valence-corrected chi connectivity index (χ4v) is 6.79. The van der Waals surface area contributed by atoms with Crippen LogP contribution in [0.3, 0.4) is 0 Å². The van der Waals surface area contributed by atoms with E-state index in [1.807, 2.05) is 68.0 Å². The number of halogens is 1. The van der Waals surface area contributed by atoms with Crippen molar-refractivity contribution in [1.29, 1.82) is 0 Å². The molecule has 0 aliphatic carbocycles. The molecule has 5 rings (SSSR count). The molecule has 70 heavy (non-hydrogen) atoms. The van der Waals surface area contributed by atoms with Crippen LogP contribution in [0, 0.1) is 12.3 Å². The Bertz CT molecular complexity index is 2440. The van der Waals surface area contributed by atoms with Gasteiger partial charge in [0.15, 0.2) is 11.7 Å². The van der Waals surface area contributed by atoms with E-state index < -0.39 is 11.7 Å². The summed E-state index contributed by atoms with van der Waals surface area (Å²) in [6.07, 6.45) is 21.2. The molecule has 17 nitrogen and oxygen atoms in total. The number of aromatic amines is 1. The number of anilines is 2. The van der Waals surface area contributed by atoms with Crippen LogP contribution in [0.5, 0.6) is 0 Å². The van der Waals surface area contributed by atoms with Gasteiger partial charge in [0.1, 0.15) is 5.60 Å². The van der Waals surface area contributed by atoms with Gasteiger partial charge in [0.25, 0.3) is 5.91 Å². The summed E-state index contributed by atoms with van der Waals surface area (Å²) in [5.74, 6) is 3.29. The maximum Gasteiger partial charge on any atom is 0.421 e. The van der Waals surface area contributed by atoms with Crippen molar-refractivity contribution in [2.45, 2.75) is 162 Å². The number of carbonyl (C=O) groups is 3. The quantitative estimate of drug-likeness (QED) is 0.0143. The number of hydrogen-bond acceptors (Lipinski definition) is 11. The number of nitrogen functional groups attached to an aromatic ring is 2. The van der Waals surface area contributed by atoms with Crippen molar-refractivity contribution in [2.24, 2.45) is 5.11 Å². The Balaban J connectivity index is 0.000000377. The number of aromatic nitrogens is 7. The van der Waals surface area contributed by atoms with E-state index in [1.54, 1.807) is 12.4 Å². The molecule has 0 radical (unpaired) electrons. The van der Waals surface area contributed by atoms with Gasteiger partial charge < -0.3 is 26.5 Å². The van der Waals surface area contributed by atoms with Crippen molar-refractivity contribution in [3.63, 3.8) is 0 Å². The lowest BCUT2D eigenvalue weighted by molar-refractivity contribution is 0.0540. The van der Waals surface area contributed by atoms with Crippen LogP contribution >= 0.6 is 12.4 Å². The zero-order valence-electron chi connectivity index (χ0n) is 42.8. The normalized spacial score (nSPS) is 11.1. The van der Waals surface area contributed by atoms with E-state index >= 15 is 0 Å². The van der Waals surface area contributed by atoms with Crippen molar-refractivity contribution in [3.05, 3.63) is 117 Å². The summed E-state index contributed by atoms with van der Waals surface area (Å²) in [5, 5.41) is 14.5. The zero-order chi connectivity index (χ0) is 51.0. The van der Waals surface area contributed by atoms with E-state index in [0.29, 0.717) is 31.0 Å². The molecule has 3 aromatic heterocycles. The third-order valence-electron chi connectivity index (χ3n) is 10.7. The molecule has 0 saturated heterocycles. The van der Waals surface area contributed by atoms with E-state index in [4.69, 9.17) is 28.2 Å². The number of ketones is 1. The first-order valence-electron chi connectivity index (χ1n) is 23.8. The van der Waals surface area contributed by atoms with Gasteiger partial charge >= 0.3 is 6.09 Å². The van der Waals surface area contributed by atoms with Crippen LogP contribution < -0.4 is 16.8 Å². The van der Waals surface area contributed by atoms with Crippen molar-refractivity contribution in [3.8, 4) is 12.3 Å². The highest BCUT2D eigenvalue weighted by Gasteiger charge is 2.21. The third kappa shape index (κ3) is 22.7. The number of terminal acetylenes is 1. The number of nitrogens with two attached hydrogens (primary N) is 2. The Morgan fingerprint density at radius 2 is 1.40 bits per heavy atom. The predicted molar refractivity (Wildman–Crippen MR) is 281 cm³/mol. The highest BCUT2D eigenvalue weighted by Crippen LogP contribution is 2.24. The molecular formula is C52H76ClN13O4. The number of Topliss-reactive ketones (excluding diaryl/α,β-unsaturated/α-hetero) is 1. The first-order valence-corrected chi connectivity index (χ1v) is 23.8. The minimum Gasteiger partial charge on any atom is -0.443 e. The smallest absolute Gasteiger partial charge is 0.421 e. The zero-order valence-corrected chi connectivity index (χ0v) is 43.6. The maximum atomic E-state index is 12.4. The molecular weight excluding hydrogens is 906 g/mol. The molecule has 0 aliphatic heterocycles. The molecule has 0 aliphatic rings. The summed E-state index contributed by atoms with van der Waals surface area (Å²) in [7, 11) is 0. The summed E-state index contributed by atoms with van der Waals surface area (Å²) in [4.78, 5) is 49.9. The van der Waals surface area contributed by atoms with Crippen LogP contribution in [0.1, 0.15) is 169 Å². The molecule has 3 heterocycles. The second-order valence-corrected chi connectivity index (χ2v) is 19.9. The van der Waals surface area contributed by atoms with Gasteiger partial charge in [-0.25, -0.2) is 19.3 Å². The molecule has 380 valence electrons. The average Bonchev–Trinajstić information content (AvgIpc) is 4.03. The fourth-order valence-electron chi connectivity index (χ4n) is 6.79. The summed E-state index contributed by atoms with van der Waals surface area (Å²) in [6, 6.07) is 15.5. The van der Waals surface area contributed by atoms with Crippen molar-refractivity contribution >= 4 is 42.1 Å². The first kappa shape index (κ1) is 59.5. The number of imidazole rings is 2. The number of H-pyrrole nitrogens is 1. The lowest BCUT2D eigenvalue weighted by Crippen LogP contribution is -2.27. The maximum absolute atomic E-state index is 12.4. The lowest BCUT2D eigenvalue weighted by atomic mass is 9.86. The van der Waals surface area contributed by atoms with Gasteiger partial charge in [-0.2, -0.15) is 0 Å². The van der Waals surface area contributed by atoms with Gasteiger partial charge in [-0.1, -0.05) is 101 Å². The second kappa shape index (κ2) is 29.4. The molecule has 0 unspecified atom stereocenters. The number of ether oxygens (including phenoxy) is 1. The molecule has 0 saturated carbocycles. The highest BCUT2D eigenvalue weighted by atomic mass is 35.5. The summed E-state index contributed by atoms with van der Waals surface area (Å²) in [5.41, 5.74) is 25.8. The minimum absolute atomic E-state index is 0. The van der Waals surface area contributed by atoms with E-state index in [-0.39, 0.29) is 47.4 Å². The van der Waals surface area contributed by atoms with Gasteiger partial charge in [0.05, 0.1) is 17.6 Å². The molecule has 0 spiro atoms. The van der Waals surface area contributed by atoms with Crippen LogP contribution in [0.15, 0.2) is 72.2 Å². The largest absolute Gasteiger partial charge is 0.443 e. The van der Waals surface area contributed by atoms with Crippen molar-refractivity contribution in [2.75, 3.05) is 24.6 Å². The number of hydrogen-bond donors (Lipinski definition) is 4. The number of amides is 1. The Kier molecular flexibility index (Phi) is 25.0. The van der Waals surface area contributed by atoms with Gasteiger partial charge in [-0.3, -0.25) is 14.3 Å². The van der Waals surface area contributed by atoms with Crippen LogP contribution in [-0.2, 0) is 41.4 Å². The topological polar surface area (TPSA) is 250 Å². The van der Waals surface area contributed by atoms with E-state index in [0.717, 1.165) is 93.3 Å². The van der Waals surface area contributed by atoms with Gasteiger partial charge in [-0.05, 0) is 112 Å². The highest BCUT2D eigenvalue weighted by molar-refractivity contribution is 5.96. The first-order chi connectivity index (χ1) is 32.6. The van der Waals surface area contributed by atoms with Crippen LogP contribution in [0.25, 0.3) is 10.4 Å². The van der Waals surface area contributed by atoms with Crippen molar-refractivity contribution < 1.29 is 19.1 Å².